The molecule has 0 N–H and O–H groups in total. The molecule has 41 heavy (non-hydrogen) atoms. The summed E-state index contributed by atoms with van der Waals surface area (Å²) < 4.78 is 46.0. The van der Waals surface area contributed by atoms with Crippen molar-refractivity contribution in [3.63, 3.8) is 0 Å². The van der Waals surface area contributed by atoms with Gasteiger partial charge in [0.1, 0.15) is 11.8 Å². The lowest BCUT2D eigenvalue weighted by Gasteiger charge is -2.41. The molecule has 1 atom stereocenters. The van der Waals surface area contributed by atoms with Gasteiger partial charge in [0.05, 0.1) is 5.69 Å². The van der Waals surface area contributed by atoms with Crippen molar-refractivity contribution in [3.05, 3.63) is 84.2 Å². The number of carbonyl (C=O) groups excluding carboxylic acids is 3. The summed E-state index contributed by atoms with van der Waals surface area (Å²) in [6, 6.07) is 17.3. The molecule has 5 rings (SSSR count). The average molecular weight is 567 g/mol. The van der Waals surface area contributed by atoms with Crippen molar-refractivity contribution < 1.29 is 37.0 Å². The molecule has 1 aromatic heterocycles. The van der Waals surface area contributed by atoms with Gasteiger partial charge in [-0.05, 0) is 29.8 Å². The summed E-state index contributed by atoms with van der Waals surface area (Å²) in [5.74, 6) is -4.16. The number of ether oxygens (including phenoxy) is 2. The van der Waals surface area contributed by atoms with Crippen molar-refractivity contribution in [1.82, 2.24) is 9.88 Å². The number of Topliss-reactive ketones (excluding diaryl/α,β-unsaturated/α-hetero) is 1. The van der Waals surface area contributed by atoms with Gasteiger partial charge in [-0.3, -0.25) is 19.7 Å². The van der Waals surface area contributed by atoms with Crippen LogP contribution in [0.4, 0.5) is 24.5 Å². The number of pyridine rings is 1. The summed E-state index contributed by atoms with van der Waals surface area (Å²) in [6.07, 6.45) is -1.38. The second-order valence-electron chi connectivity index (χ2n) is 9.49. The van der Waals surface area contributed by atoms with Crippen LogP contribution in [0, 0.1) is 0 Å². The largest absolute Gasteiger partial charge is 0.491 e. The Morgan fingerprint density at radius 3 is 2.34 bits per heavy atom. The molecular formula is C29H25F3N4O5. The molecule has 2 aliphatic rings. The number of hydrogen-bond acceptors (Lipinski definition) is 9. The molecule has 0 radical (unpaired) electrons. The number of aromatic nitrogens is 1. The molecule has 1 unspecified atom stereocenters. The zero-order valence-corrected chi connectivity index (χ0v) is 21.7. The molecule has 0 saturated carbocycles. The lowest BCUT2D eigenvalue weighted by atomic mass is 9.90. The summed E-state index contributed by atoms with van der Waals surface area (Å²) in [7, 11) is 0. The van der Waals surface area contributed by atoms with E-state index in [1.165, 1.54) is 18.2 Å². The number of nitrogens with zero attached hydrogens (tertiary/aromatic N) is 4. The topological polar surface area (TPSA) is 101 Å². The van der Waals surface area contributed by atoms with Crippen molar-refractivity contribution in [2.24, 2.45) is 4.99 Å². The second kappa shape index (κ2) is 11.9. The van der Waals surface area contributed by atoms with Crippen LogP contribution >= 0.6 is 0 Å². The van der Waals surface area contributed by atoms with E-state index in [2.05, 4.69) is 19.5 Å². The van der Waals surface area contributed by atoms with Gasteiger partial charge in [-0.2, -0.15) is 13.2 Å². The van der Waals surface area contributed by atoms with Crippen molar-refractivity contribution in [3.8, 4) is 5.75 Å². The van der Waals surface area contributed by atoms with Gasteiger partial charge >= 0.3 is 18.1 Å². The third-order valence-corrected chi connectivity index (χ3v) is 6.79. The lowest BCUT2D eigenvalue weighted by Crippen LogP contribution is -2.56. The van der Waals surface area contributed by atoms with Crippen LogP contribution in [0.1, 0.15) is 15.9 Å². The van der Waals surface area contributed by atoms with Crippen LogP contribution in [-0.2, 0) is 20.7 Å². The number of alkyl halides is 3. The Morgan fingerprint density at radius 1 is 0.951 bits per heavy atom. The quantitative estimate of drug-likeness (QED) is 0.315. The minimum atomic E-state index is -5.30. The molecule has 1 fully saturated rings. The number of rotatable bonds is 7. The minimum absolute atomic E-state index is 0.0835. The lowest BCUT2D eigenvalue weighted by molar-refractivity contribution is -0.202. The summed E-state index contributed by atoms with van der Waals surface area (Å²) in [6.45, 7) is 1.79. The van der Waals surface area contributed by atoms with Gasteiger partial charge in [0.15, 0.2) is 12.4 Å². The standard InChI is InChI=1S/C29H25F3N4O5/c30-29(31,32)28(39)41-25(37)18-40-21-6-7-22-23(17-21)34-24(16-19-4-2-1-3-5-19)26(27(22)38)36-14-12-35(13-15-36)20-8-10-33-11-9-20/h1-11,17,26H,12-16,18H2. The number of ketones is 1. The smallest absolute Gasteiger partial charge is 0.482 e. The number of esters is 2. The zero-order chi connectivity index (χ0) is 29.0. The van der Waals surface area contributed by atoms with Crippen molar-refractivity contribution in [1.29, 1.82) is 0 Å². The highest BCUT2D eigenvalue weighted by Crippen LogP contribution is 2.33. The molecule has 2 aliphatic heterocycles. The zero-order valence-electron chi connectivity index (χ0n) is 21.7. The molecule has 12 heteroatoms. The van der Waals surface area contributed by atoms with Crippen LogP contribution in [0.3, 0.4) is 0 Å². The third kappa shape index (κ3) is 6.60. The molecule has 0 amide bonds. The van der Waals surface area contributed by atoms with E-state index >= 15 is 0 Å². The SMILES string of the molecule is O=C(COc1ccc2c(c1)N=C(Cc1ccccc1)C(N1CCN(c3ccncc3)CC1)C2=O)OC(=O)C(F)(F)F. The van der Waals surface area contributed by atoms with E-state index in [1.54, 1.807) is 12.4 Å². The Morgan fingerprint density at radius 2 is 1.66 bits per heavy atom. The first-order valence-electron chi connectivity index (χ1n) is 12.8. The molecule has 3 heterocycles. The highest BCUT2D eigenvalue weighted by atomic mass is 19.4. The van der Waals surface area contributed by atoms with Gasteiger partial charge in [-0.15, -0.1) is 0 Å². The number of halogens is 3. The minimum Gasteiger partial charge on any atom is -0.482 e. The van der Waals surface area contributed by atoms with E-state index in [9.17, 15) is 27.6 Å². The molecule has 212 valence electrons. The van der Waals surface area contributed by atoms with E-state index in [-0.39, 0.29) is 11.5 Å². The maximum Gasteiger partial charge on any atom is 0.491 e. The van der Waals surface area contributed by atoms with E-state index in [1.807, 2.05) is 42.5 Å². The Kier molecular flexibility index (Phi) is 8.11. The van der Waals surface area contributed by atoms with Gasteiger partial charge in [0.25, 0.3) is 0 Å². The van der Waals surface area contributed by atoms with Gasteiger partial charge in [0.2, 0.25) is 0 Å². The average Bonchev–Trinajstić information content (AvgIpc) is 2.97. The first-order valence-corrected chi connectivity index (χ1v) is 12.8. The molecule has 0 spiro atoms. The van der Waals surface area contributed by atoms with Crippen LogP contribution in [0.5, 0.6) is 5.75 Å². The predicted molar refractivity (Wildman–Crippen MR) is 142 cm³/mol. The number of anilines is 1. The Hall–Kier alpha value is -4.58. The first kappa shape index (κ1) is 28.0. The molecule has 2 aromatic carbocycles. The van der Waals surface area contributed by atoms with Crippen LogP contribution in [0.25, 0.3) is 0 Å². The van der Waals surface area contributed by atoms with Crippen molar-refractivity contribution in [2.75, 3.05) is 37.7 Å². The fourth-order valence-electron chi connectivity index (χ4n) is 4.86. The number of fused-ring (bicyclic) bond motifs is 1. The van der Waals surface area contributed by atoms with Crippen LogP contribution < -0.4 is 9.64 Å². The first-order chi connectivity index (χ1) is 19.7. The van der Waals surface area contributed by atoms with Gasteiger partial charge in [-0.25, -0.2) is 9.59 Å². The van der Waals surface area contributed by atoms with Crippen molar-refractivity contribution in [2.45, 2.75) is 18.6 Å². The molecule has 3 aromatic rings. The van der Waals surface area contributed by atoms with E-state index in [0.717, 1.165) is 24.3 Å². The Balaban J connectivity index is 1.35. The highest BCUT2D eigenvalue weighted by molar-refractivity contribution is 6.21. The maximum atomic E-state index is 13.9. The Bertz CT molecular complexity index is 1460. The van der Waals surface area contributed by atoms with Gasteiger partial charge < -0.3 is 14.4 Å². The molecule has 0 bridgehead atoms. The number of benzene rings is 2. The number of carbonyl (C=O) groups is 3. The summed E-state index contributed by atoms with van der Waals surface area (Å²) in [5.41, 5.74) is 3.39. The van der Waals surface area contributed by atoms with E-state index in [4.69, 9.17) is 9.73 Å². The third-order valence-electron chi connectivity index (χ3n) is 6.79. The monoisotopic (exact) mass is 566 g/mol. The molecule has 1 saturated heterocycles. The van der Waals surface area contributed by atoms with E-state index in [0.29, 0.717) is 36.5 Å². The normalized spacial score (nSPS) is 17.4. The van der Waals surface area contributed by atoms with Gasteiger partial charge in [-0.1, -0.05) is 30.3 Å². The summed E-state index contributed by atoms with van der Waals surface area (Å²) in [4.78, 5) is 49.6. The molecule has 9 nitrogen and oxygen atoms in total. The molecule has 0 aliphatic carbocycles. The molecular weight excluding hydrogens is 541 g/mol. The number of piperazine rings is 1. The van der Waals surface area contributed by atoms with Gasteiger partial charge in [0, 0.05) is 68.0 Å². The number of hydrogen-bond donors (Lipinski definition) is 0. The highest BCUT2D eigenvalue weighted by Gasteiger charge is 2.42. The predicted octanol–water partition coefficient (Wildman–Crippen LogP) is 3.79. The van der Waals surface area contributed by atoms with Crippen LogP contribution in [0.15, 0.2) is 78.0 Å². The number of aliphatic imine (C=N–C) groups is 1. The summed E-state index contributed by atoms with van der Waals surface area (Å²) in [5, 5.41) is 0. The fourth-order valence-corrected chi connectivity index (χ4v) is 4.86. The Labute approximate surface area is 233 Å². The van der Waals surface area contributed by atoms with E-state index < -0.39 is 30.8 Å². The van der Waals surface area contributed by atoms with Crippen molar-refractivity contribution >= 4 is 34.8 Å². The second-order valence-corrected chi connectivity index (χ2v) is 9.49. The fraction of sp³-hybridized carbons (Fsp3) is 0.276. The summed E-state index contributed by atoms with van der Waals surface area (Å²) >= 11 is 0. The van der Waals surface area contributed by atoms with Crippen LogP contribution in [0.2, 0.25) is 0 Å². The maximum absolute atomic E-state index is 13.9. The van der Waals surface area contributed by atoms with Crippen LogP contribution in [-0.4, -0.2) is 78.3 Å².